The van der Waals surface area contributed by atoms with Crippen LogP contribution in [0.2, 0.25) is 0 Å². The highest BCUT2D eigenvalue weighted by atomic mass is 16.2. The third-order valence-corrected chi connectivity index (χ3v) is 0.658. The Balaban J connectivity index is 0. The zero-order valence-electron chi connectivity index (χ0n) is 6.48. The Bertz CT molecular complexity index is 28.1. The summed E-state index contributed by atoms with van der Waals surface area (Å²) in [6, 6.07) is 0. The summed E-state index contributed by atoms with van der Waals surface area (Å²) in [4.78, 5) is 0. The molecule has 0 rings (SSSR count). The minimum atomic E-state index is 0.315. The number of rotatable bonds is 3. The zero-order chi connectivity index (χ0) is 7.54. The molecular weight excluding hydrogens is 114 g/mol. The Morgan fingerprint density at radius 2 is 1.78 bits per heavy atom. The molecule has 0 aliphatic carbocycles. The normalized spacial score (nSPS) is 8.00. The fraction of sp³-hybridized carbons (Fsp3) is 0.857. The third-order valence-electron chi connectivity index (χ3n) is 0.658. The Kier molecular flexibility index (Phi) is 20.3. The fourth-order valence-electron chi connectivity index (χ4n) is 0.289. The van der Waals surface area contributed by atoms with E-state index in [0.717, 1.165) is 19.3 Å². The van der Waals surface area contributed by atoms with Crippen molar-refractivity contribution >= 4 is 0 Å². The number of hydrogen-bond acceptors (Lipinski definition) is 2. The van der Waals surface area contributed by atoms with Gasteiger partial charge in [-0.15, -0.1) is 0 Å². The lowest BCUT2D eigenvalue weighted by Gasteiger charge is -1.85. The Hall–Kier alpha value is -0.0800. The summed E-state index contributed by atoms with van der Waals surface area (Å²) in [5, 5.41) is 10.9. The summed E-state index contributed by atoms with van der Waals surface area (Å²) in [6.07, 6.45) is 2.90. The van der Waals surface area contributed by atoms with E-state index in [9.17, 15) is 0 Å². The van der Waals surface area contributed by atoms with Crippen molar-refractivity contribution in [2.75, 3.05) is 20.7 Å². The second-order valence-corrected chi connectivity index (χ2v) is 1.78. The van der Waals surface area contributed by atoms with Crippen LogP contribution in [-0.4, -0.2) is 25.8 Å². The van der Waals surface area contributed by atoms with Gasteiger partial charge >= 0.3 is 0 Å². The van der Waals surface area contributed by atoms with Gasteiger partial charge in [0.05, 0.1) is 0 Å². The molecule has 0 saturated heterocycles. The first kappa shape index (κ1) is 11.7. The van der Waals surface area contributed by atoms with Crippen LogP contribution in [0.4, 0.5) is 0 Å². The molecule has 0 heterocycles. The molecule has 0 bridgehead atoms. The van der Waals surface area contributed by atoms with Gasteiger partial charge < -0.3 is 10.4 Å². The lowest BCUT2D eigenvalue weighted by molar-refractivity contribution is 0.285. The molecule has 1 radical (unpaired) electrons. The van der Waals surface area contributed by atoms with Crippen LogP contribution in [0.15, 0.2) is 0 Å². The Labute approximate surface area is 58.3 Å². The van der Waals surface area contributed by atoms with E-state index < -0.39 is 0 Å². The van der Waals surface area contributed by atoms with Gasteiger partial charge in [-0.05, 0) is 20.5 Å². The van der Waals surface area contributed by atoms with Crippen molar-refractivity contribution in [2.24, 2.45) is 0 Å². The first-order chi connectivity index (χ1) is 4.33. The van der Waals surface area contributed by atoms with Crippen molar-refractivity contribution in [1.82, 2.24) is 5.32 Å². The summed E-state index contributed by atoms with van der Waals surface area (Å²) >= 11 is 0. The second kappa shape index (κ2) is 15.7. The molecule has 2 N–H and O–H groups in total. The molecule has 2 nitrogen and oxygen atoms in total. The maximum Gasteiger partial charge on any atom is 0.0431 e. The molecule has 0 aromatic rings. The average Bonchev–Trinajstić information content (AvgIpc) is 1.86. The molecule has 0 aliphatic rings. The van der Waals surface area contributed by atoms with E-state index in [0.29, 0.717) is 6.61 Å². The van der Waals surface area contributed by atoms with Gasteiger partial charge in [0, 0.05) is 6.61 Å². The van der Waals surface area contributed by atoms with Crippen LogP contribution in [0.3, 0.4) is 0 Å². The van der Waals surface area contributed by atoms with Crippen molar-refractivity contribution < 1.29 is 5.11 Å². The van der Waals surface area contributed by atoms with Gasteiger partial charge in [-0.3, -0.25) is 0 Å². The van der Waals surface area contributed by atoms with E-state index in [2.05, 4.69) is 12.2 Å². The highest BCUT2D eigenvalue weighted by molar-refractivity contribution is 4.38. The highest BCUT2D eigenvalue weighted by Crippen LogP contribution is 1.88. The SMILES string of the molecule is CNC.[CH2]CCCCO. The Morgan fingerprint density at radius 1 is 1.33 bits per heavy atom. The van der Waals surface area contributed by atoms with Crippen LogP contribution >= 0.6 is 0 Å². The lowest BCUT2D eigenvalue weighted by Crippen LogP contribution is -1.89. The first-order valence-electron chi connectivity index (χ1n) is 3.32. The maximum absolute atomic E-state index is 8.17. The van der Waals surface area contributed by atoms with Gasteiger partial charge in [-0.25, -0.2) is 0 Å². The molecule has 0 aromatic heterocycles. The molecule has 0 spiro atoms. The molecule has 0 unspecified atom stereocenters. The number of aliphatic hydroxyl groups excluding tert-OH is 1. The lowest BCUT2D eigenvalue weighted by atomic mass is 10.3. The molecule has 57 valence electrons. The van der Waals surface area contributed by atoms with Crippen LogP contribution in [0.1, 0.15) is 19.3 Å². The quantitative estimate of drug-likeness (QED) is 0.557. The summed E-state index contributed by atoms with van der Waals surface area (Å²) < 4.78 is 0. The summed E-state index contributed by atoms with van der Waals surface area (Å²) in [5.41, 5.74) is 0. The van der Waals surface area contributed by atoms with Crippen LogP contribution in [-0.2, 0) is 0 Å². The minimum Gasteiger partial charge on any atom is -0.396 e. The molecule has 0 amide bonds. The Morgan fingerprint density at radius 3 is 1.89 bits per heavy atom. The number of hydrogen-bond donors (Lipinski definition) is 2. The van der Waals surface area contributed by atoms with Crippen molar-refractivity contribution in [3.05, 3.63) is 6.92 Å². The van der Waals surface area contributed by atoms with Crippen molar-refractivity contribution in [3.63, 3.8) is 0 Å². The summed E-state index contributed by atoms with van der Waals surface area (Å²) in [5.74, 6) is 0. The van der Waals surface area contributed by atoms with Crippen LogP contribution in [0, 0.1) is 6.92 Å². The molecule has 0 saturated carbocycles. The van der Waals surface area contributed by atoms with Gasteiger partial charge in [0.2, 0.25) is 0 Å². The van der Waals surface area contributed by atoms with E-state index >= 15 is 0 Å². The van der Waals surface area contributed by atoms with Crippen molar-refractivity contribution in [3.8, 4) is 0 Å². The standard InChI is InChI=1S/C5H11O.C2H7N/c1-2-3-4-5-6;1-3-2/h6H,1-5H2;3H,1-2H3. The van der Waals surface area contributed by atoms with E-state index in [1.165, 1.54) is 0 Å². The smallest absolute Gasteiger partial charge is 0.0431 e. The molecule has 2 heteroatoms. The van der Waals surface area contributed by atoms with Gasteiger partial charge in [0.1, 0.15) is 0 Å². The average molecular weight is 132 g/mol. The van der Waals surface area contributed by atoms with Gasteiger partial charge in [0.25, 0.3) is 0 Å². The van der Waals surface area contributed by atoms with E-state index in [1.807, 2.05) is 14.1 Å². The maximum atomic E-state index is 8.17. The minimum absolute atomic E-state index is 0.315. The number of unbranched alkanes of at least 4 members (excludes halogenated alkanes) is 2. The highest BCUT2D eigenvalue weighted by Gasteiger charge is 1.76. The molecule has 0 aromatic carbocycles. The number of nitrogens with one attached hydrogen (secondary N) is 1. The van der Waals surface area contributed by atoms with Crippen molar-refractivity contribution in [2.45, 2.75) is 19.3 Å². The summed E-state index contributed by atoms with van der Waals surface area (Å²) in [7, 11) is 3.75. The van der Waals surface area contributed by atoms with Crippen LogP contribution < -0.4 is 5.32 Å². The van der Waals surface area contributed by atoms with E-state index in [-0.39, 0.29) is 0 Å². The predicted molar refractivity (Wildman–Crippen MR) is 41.3 cm³/mol. The van der Waals surface area contributed by atoms with Crippen LogP contribution in [0.25, 0.3) is 0 Å². The summed E-state index contributed by atoms with van der Waals surface area (Å²) in [6.45, 7) is 3.93. The van der Waals surface area contributed by atoms with Gasteiger partial charge in [-0.1, -0.05) is 19.8 Å². The van der Waals surface area contributed by atoms with Gasteiger partial charge in [-0.2, -0.15) is 0 Å². The predicted octanol–water partition coefficient (Wildman–Crippen LogP) is 0.819. The monoisotopic (exact) mass is 132 g/mol. The first-order valence-corrected chi connectivity index (χ1v) is 3.32. The molecular formula is C7H18NO. The van der Waals surface area contributed by atoms with E-state index in [1.54, 1.807) is 0 Å². The molecule has 9 heavy (non-hydrogen) atoms. The largest absolute Gasteiger partial charge is 0.396 e. The van der Waals surface area contributed by atoms with Crippen molar-refractivity contribution in [1.29, 1.82) is 0 Å². The zero-order valence-corrected chi connectivity index (χ0v) is 6.48. The van der Waals surface area contributed by atoms with Gasteiger partial charge in [0.15, 0.2) is 0 Å². The fourth-order valence-corrected chi connectivity index (χ4v) is 0.289. The second-order valence-electron chi connectivity index (χ2n) is 1.78. The molecule has 0 atom stereocenters. The molecule has 0 aliphatic heterocycles. The molecule has 0 fully saturated rings. The third kappa shape index (κ3) is 32.6. The topological polar surface area (TPSA) is 32.3 Å². The van der Waals surface area contributed by atoms with Crippen LogP contribution in [0.5, 0.6) is 0 Å². The van der Waals surface area contributed by atoms with E-state index in [4.69, 9.17) is 5.11 Å². The number of aliphatic hydroxyl groups is 1.